The van der Waals surface area contributed by atoms with Gasteiger partial charge in [0.25, 0.3) is 0 Å². The number of hydrogen-bond acceptors (Lipinski definition) is 4. The monoisotopic (exact) mass is 376 g/mol. The van der Waals surface area contributed by atoms with Crippen LogP contribution in [0.1, 0.15) is 23.4 Å². The van der Waals surface area contributed by atoms with Crippen molar-refractivity contribution >= 4 is 27.5 Å². The van der Waals surface area contributed by atoms with Crippen LogP contribution in [0.25, 0.3) is 10.2 Å². The van der Waals surface area contributed by atoms with Crippen molar-refractivity contribution in [3.63, 3.8) is 0 Å². The summed E-state index contributed by atoms with van der Waals surface area (Å²) < 4.78 is 29.6. The number of carbonyl (C=O) groups excluding carboxylic acids is 1. The minimum atomic E-state index is -2.84. The molecule has 1 amide bonds. The van der Waals surface area contributed by atoms with Crippen LogP contribution in [0, 0.1) is 0 Å². The lowest BCUT2D eigenvalue weighted by molar-refractivity contribution is -0.121. The van der Waals surface area contributed by atoms with E-state index in [-0.39, 0.29) is 11.7 Å². The molecular formula is C19H18F2N2O2S. The highest BCUT2D eigenvalue weighted by atomic mass is 32.1. The fraction of sp³-hybridized carbons (Fsp3) is 0.263. The molecule has 0 aliphatic heterocycles. The van der Waals surface area contributed by atoms with Gasteiger partial charge >= 0.3 is 6.61 Å². The SMILES string of the molecule is O=C(CCCc1nc2ccccc2s1)NCc1ccc(OC(F)F)cc1. The zero-order valence-electron chi connectivity index (χ0n) is 14.0. The minimum absolute atomic E-state index is 0.0426. The summed E-state index contributed by atoms with van der Waals surface area (Å²) in [4.78, 5) is 16.5. The van der Waals surface area contributed by atoms with E-state index in [9.17, 15) is 13.6 Å². The molecule has 0 spiro atoms. The van der Waals surface area contributed by atoms with Crippen LogP contribution in [0.5, 0.6) is 5.75 Å². The first kappa shape index (κ1) is 18.3. The van der Waals surface area contributed by atoms with Gasteiger partial charge < -0.3 is 10.1 Å². The van der Waals surface area contributed by atoms with E-state index in [0.29, 0.717) is 13.0 Å². The molecule has 4 nitrogen and oxygen atoms in total. The maximum Gasteiger partial charge on any atom is 0.387 e. The van der Waals surface area contributed by atoms with Gasteiger partial charge in [-0.15, -0.1) is 11.3 Å². The van der Waals surface area contributed by atoms with Crippen LogP contribution in [0.2, 0.25) is 0 Å². The standard InChI is InChI=1S/C19H18F2N2O2S/c20-19(21)25-14-10-8-13(9-11-14)12-22-17(24)6-3-7-18-23-15-4-1-2-5-16(15)26-18/h1-2,4-5,8-11,19H,3,6-7,12H2,(H,22,24). The minimum Gasteiger partial charge on any atom is -0.435 e. The van der Waals surface area contributed by atoms with E-state index in [0.717, 1.165) is 33.6 Å². The number of nitrogens with zero attached hydrogens (tertiary/aromatic N) is 1. The van der Waals surface area contributed by atoms with Crippen molar-refractivity contribution in [1.29, 1.82) is 0 Å². The Balaban J connectivity index is 1.40. The Morgan fingerprint density at radius 3 is 2.65 bits per heavy atom. The Hall–Kier alpha value is -2.54. The van der Waals surface area contributed by atoms with Crippen molar-refractivity contribution in [1.82, 2.24) is 10.3 Å². The maximum absolute atomic E-state index is 12.1. The van der Waals surface area contributed by atoms with Gasteiger partial charge in [-0.05, 0) is 42.7 Å². The van der Waals surface area contributed by atoms with Crippen LogP contribution < -0.4 is 10.1 Å². The van der Waals surface area contributed by atoms with E-state index >= 15 is 0 Å². The molecule has 0 fully saturated rings. The van der Waals surface area contributed by atoms with Crippen molar-refractivity contribution in [2.75, 3.05) is 0 Å². The first-order valence-electron chi connectivity index (χ1n) is 8.25. The van der Waals surface area contributed by atoms with Gasteiger partial charge in [0.05, 0.1) is 15.2 Å². The van der Waals surface area contributed by atoms with Gasteiger partial charge in [-0.25, -0.2) is 4.98 Å². The van der Waals surface area contributed by atoms with Crippen molar-refractivity contribution in [2.24, 2.45) is 0 Å². The quantitative estimate of drug-likeness (QED) is 0.628. The van der Waals surface area contributed by atoms with Crippen LogP contribution in [0.4, 0.5) is 8.78 Å². The molecule has 1 aromatic heterocycles. The molecule has 0 bridgehead atoms. The number of benzene rings is 2. The van der Waals surface area contributed by atoms with Gasteiger partial charge in [0, 0.05) is 13.0 Å². The molecule has 1 heterocycles. The number of carbonyl (C=O) groups is 1. The largest absolute Gasteiger partial charge is 0.435 e. The number of amides is 1. The van der Waals surface area contributed by atoms with Crippen LogP contribution >= 0.6 is 11.3 Å². The molecule has 0 saturated heterocycles. The second-order valence-corrected chi connectivity index (χ2v) is 6.84. The lowest BCUT2D eigenvalue weighted by atomic mass is 10.2. The highest BCUT2D eigenvalue weighted by molar-refractivity contribution is 7.18. The summed E-state index contributed by atoms with van der Waals surface area (Å²) in [5, 5.41) is 3.86. The summed E-state index contributed by atoms with van der Waals surface area (Å²) in [6, 6.07) is 14.2. The van der Waals surface area contributed by atoms with Gasteiger partial charge in [-0.1, -0.05) is 24.3 Å². The van der Waals surface area contributed by atoms with E-state index in [1.807, 2.05) is 24.3 Å². The maximum atomic E-state index is 12.1. The Morgan fingerprint density at radius 1 is 1.15 bits per heavy atom. The fourth-order valence-corrected chi connectivity index (χ4v) is 3.51. The van der Waals surface area contributed by atoms with Gasteiger partial charge in [0.15, 0.2) is 0 Å². The molecule has 136 valence electrons. The van der Waals surface area contributed by atoms with Gasteiger partial charge in [-0.3, -0.25) is 4.79 Å². The van der Waals surface area contributed by atoms with E-state index in [4.69, 9.17) is 0 Å². The summed E-state index contributed by atoms with van der Waals surface area (Å²) in [5.74, 6) is 0.0601. The summed E-state index contributed by atoms with van der Waals surface area (Å²) in [6.45, 7) is -2.48. The molecule has 1 N–H and O–H groups in total. The third kappa shape index (κ3) is 5.23. The van der Waals surface area contributed by atoms with Crippen LogP contribution in [0.3, 0.4) is 0 Å². The summed E-state index contributed by atoms with van der Waals surface area (Å²) in [6.07, 6.45) is 1.92. The third-order valence-electron chi connectivity index (χ3n) is 3.77. The molecule has 0 atom stereocenters. The van der Waals surface area contributed by atoms with Gasteiger partial charge in [0.1, 0.15) is 5.75 Å². The third-order valence-corrected chi connectivity index (χ3v) is 4.87. The summed E-state index contributed by atoms with van der Waals surface area (Å²) >= 11 is 1.66. The zero-order valence-corrected chi connectivity index (χ0v) is 14.8. The number of ether oxygens (including phenoxy) is 1. The average molecular weight is 376 g/mol. The molecule has 0 saturated carbocycles. The topological polar surface area (TPSA) is 51.2 Å². The van der Waals surface area contributed by atoms with E-state index in [2.05, 4.69) is 15.0 Å². The van der Waals surface area contributed by atoms with Crippen molar-refractivity contribution < 1.29 is 18.3 Å². The number of fused-ring (bicyclic) bond motifs is 1. The second kappa shape index (κ2) is 8.71. The normalized spacial score (nSPS) is 11.0. The van der Waals surface area contributed by atoms with Crippen LogP contribution in [0.15, 0.2) is 48.5 Å². The van der Waals surface area contributed by atoms with Crippen molar-refractivity contribution in [3.05, 3.63) is 59.1 Å². The van der Waals surface area contributed by atoms with E-state index in [1.165, 1.54) is 12.1 Å². The number of rotatable bonds is 8. The highest BCUT2D eigenvalue weighted by Crippen LogP contribution is 2.22. The first-order chi connectivity index (χ1) is 12.6. The van der Waals surface area contributed by atoms with E-state index < -0.39 is 6.61 Å². The number of halogens is 2. The van der Waals surface area contributed by atoms with Gasteiger partial charge in [0.2, 0.25) is 5.91 Å². The van der Waals surface area contributed by atoms with Crippen LogP contribution in [-0.4, -0.2) is 17.5 Å². The Morgan fingerprint density at radius 2 is 1.92 bits per heavy atom. The summed E-state index contributed by atoms with van der Waals surface area (Å²) in [7, 11) is 0. The number of aryl methyl sites for hydroxylation is 1. The molecule has 2 aromatic carbocycles. The second-order valence-electron chi connectivity index (χ2n) is 5.73. The number of alkyl halides is 2. The predicted molar refractivity (Wildman–Crippen MR) is 97.5 cm³/mol. The molecule has 7 heteroatoms. The fourth-order valence-electron chi connectivity index (χ4n) is 2.50. The Bertz CT molecular complexity index is 832. The Kier molecular flexibility index (Phi) is 6.12. The average Bonchev–Trinajstić information content (AvgIpc) is 3.03. The lowest BCUT2D eigenvalue weighted by Gasteiger charge is -2.07. The number of para-hydroxylation sites is 1. The summed E-state index contributed by atoms with van der Waals surface area (Å²) in [5.41, 5.74) is 1.82. The zero-order chi connectivity index (χ0) is 18.4. The Labute approximate surface area is 153 Å². The molecule has 0 aliphatic rings. The molecular weight excluding hydrogens is 358 g/mol. The molecule has 3 aromatic rings. The smallest absolute Gasteiger partial charge is 0.387 e. The number of nitrogens with one attached hydrogen (secondary N) is 1. The predicted octanol–water partition coefficient (Wildman–Crippen LogP) is 4.54. The number of hydrogen-bond donors (Lipinski definition) is 1. The first-order valence-corrected chi connectivity index (χ1v) is 9.07. The van der Waals surface area contributed by atoms with Crippen molar-refractivity contribution in [3.8, 4) is 5.75 Å². The molecule has 26 heavy (non-hydrogen) atoms. The molecule has 0 unspecified atom stereocenters. The van der Waals surface area contributed by atoms with Crippen LogP contribution in [-0.2, 0) is 17.8 Å². The van der Waals surface area contributed by atoms with Crippen molar-refractivity contribution in [2.45, 2.75) is 32.4 Å². The van der Waals surface area contributed by atoms with Gasteiger partial charge in [-0.2, -0.15) is 8.78 Å². The highest BCUT2D eigenvalue weighted by Gasteiger charge is 2.07. The van der Waals surface area contributed by atoms with E-state index in [1.54, 1.807) is 23.5 Å². The number of aromatic nitrogens is 1. The lowest BCUT2D eigenvalue weighted by Crippen LogP contribution is -2.22. The molecule has 0 aliphatic carbocycles. The molecule has 0 radical (unpaired) electrons. The molecule has 3 rings (SSSR count). The number of thiazole rings is 1.